The van der Waals surface area contributed by atoms with Gasteiger partial charge in [-0.15, -0.1) is 0 Å². The molecule has 0 saturated heterocycles. The van der Waals surface area contributed by atoms with Crippen molar-refractivity contribution in [1.29, 1.82) is 0 Å². The number of nitrogens with one attached hydrogen (secondary N) is 1. The Morgan fingerprint density at radius 3 is 2.63 bits per heavy atom. The van der Waals surface area contributed by atoms with Crippen LogP contribution in [0.25, 0.3) is 0 Å². The normalized spacial score (nSPS) is 11.7. The van der Waals surface area contributed by atoms with Gasteiger partial charge in [-0.2, -0.15) is 0 Å². The van der Waals surface area contributed by atoms with Gasteiger partial charge in [0.1, 0.15) is 12.7 Å². The number of aliphatic hydroxyl groups is 1. The first-order chi connectivity index (χ1) is 9.13. The fourth-order valence-corrected chi connectivity index (χ4v) is 1.46. The highest BCUT2D eigenvalue weighted by Crippen LogP contribution is 2.00. The molecule has 19 heavy (non-hydrogen) atoms. The van der Waals surface area contributed by atoms with Crippen molar-refractivity contribution in [3.63, 3.8) is 0 Å². The van der Waals surface area contributed by atoms with Crippen LogP contribution in [-0.2, 0) is 16.1 Å². The maximum absolute atomic E-state index is 11.3. The van der Waals surface area contributed by atoms with Crippen LogP contribution in [0.15, 0.2) is 30.3 Å². The van der Waals surface area contributed by atoms with Crippen molar-refractivity contribution in [2.45, 2.75) is 32.5 Å². The van der Waals surface area contributed by atoms with Crippen LogP contribution in [0.1, 0.15) is 25.3 Å². The molecular formula is C14H19NO4. The van der Waals surface area contributed by atoms with E-state index in [-0.39, 0.29) is 25.4 Å². The van der Waals surface area contributed by atoms with Gasteiger partial charge in [-0.1, -0.05) is 37.3 Å². The van der Waals surface area contributed by atoms with E-state index in [2.05, 4.69) is 5.32 Å². The average molecular weight is 265 g/mol. The number of hydrogen-bond acceptors (Lipinski definition) is 4. The molecule has 0 bridgehead atoms. The Hall–Kier alpha value is -1.88. The summed E-state index contributed by atoms with van der Waals surface area (Å²) >= 11 is 0. The lowest BCUT2D eigenvalue weighted by atomic mass is 10.1. The van der Waals surface area contributed by atoms with Gasteiger partial charge < -0.3 is 15.2 Å². The first kappa shape index (κ1) is 15.2. The maximum atomic E-state index is 11.3. The number of hydrogen-bond donors (Lipinski definition) is 2. The zero-order valence-corrected chi connectivity index (χ0v) is 11.0. The predicted molar refractivity (Wildman–Crippen MR) is 70.6 cm³/mol. The Bertz CT molecular complexity index is 405. The predicted octanol–water partition coefficient (Wildman–Crippen LogP) is 1.64. The smallest absolute Gasteiger partial charge is 0.407 e. The van der Waals surface area contributed by atoms with E-state index >= 15 is 0 Å². The third-order valence-corrected chi connectivity index (χ3v) is 2.61. The maximum Gasteiger partial charge on any atom is 0.407 e. The third-order valence-electron chi connectivity index (χ3n) is 2.61. The van der Waals surface area contributed by atoms with Crippen LogP contribution in [0.2, 0.25) is 0 Å². The van der Waals surface area contributed by atoms with Gasteiger partial charge in [-0.05, 0) is 12.0 Å². The number of benzene rings is 1. The van der Waals surface area contributed by atoms with Gasteiger partial charge in [-0.3, -0.25) is 4.79 Å². The largest absolute Gasteiger partial charge is 0.445 e. The average Bonchev–Trinajstić information content (AvgIpc) is 2.45. The van der Waals surface area contributed by atoms with Crippen molar-refractivity contribution in [3.8, 4) is 0 Å². The van der Waals surface area contributed by atoms with Crippen LogP contribution in [-0.4, -0.2) is 29.6 Å². The summed E-state index contributed by atoms with van der Waals surface area (Å²) in [6, 6.07) is 9.32. The van der Waals surface area contributed by atoms with Gasteiger partial charge in [0.15, 0.2) is 5.78 Å². The lowest BCUT2D eigenvalue weighted by Gasteiger charge is -2.08. The number of Topliss-reactive ketones (excluding diaryl/α,β-unsaturated/α-hetero) is 1. The lowest BCUT2D eigenvalue weighted by molar-refractivity contribution is -0.127. The van der Waals surface area contributed by atoms with E-state index in [0.29, 0.717) is 6.42 Å². The molecule has 0 spiro atoms. The first-order valence-electron chi connectivity index (χ1n) is 6.28. The topological polar surface area (TPSA) is 75.6 Å². The Morgan fingerprint density at radius 2 is 2.00 bits per heavy atom. The standard InChI is InChI=1S/C14H19NO4/c1-2-12(16)13(17)8-9-15-14(18)19-10-11-6-4-3-5-7-11/h3-7,12,16H,2,8-10H2,1H3,(H,15,18). The van der Waals surface area contributed by atoms with E-state index in [4.69, 9.17) is 4.74 Å². The molecule has 5 heteroatoms. The zero-order valence-electron chi connectivity index (χ0n) is 11.0. The van der Waals surface area contributed by atoms with Crippen molar-refractivity contribution in [3.05, 3.63) is 35.9 Å². The lowest BCUT2D eigenvalue weighted by Crippen LogP contribution is -2.29. The van der Waals surface area contributed by atoms with Crippen LogP contribution in [0, 0.1) is 0 Å². The first-order valence-corrected chi connectivity index (χ1v) is 6.28. The molecule has 0 heterocycles. The summed E-state index contributed by atoms with van der Waals surface area (Å²) in [4.78, 5) is 22.6. The third kappa shape index (κ3) is 6.01. The van der Waals surface area contributed by atoms with E-state index in [9.17, 15) is 14.7 Å². The molecule has 1 rings (SSSR count). The molecule has 0 aromatic heterocycles. The number of alkyl carbamates (subject to hydrolysis) is 1. The van der Waals surface area contributed by atoms with Gasteiger partial charge >= 0.3 is 6.09 Å². The van der Waals surface area contributed by atoms with Crippen LogP contribution in [0.4, 0.5) is 4.79 Å². The van der Waals surface area contributed by atoms with Gasteiger partial charge in [-0.25, -0.2) is 4.79 Å². The fourth-order valence-electron chi connectivity index (χ4n) is 1.46. The minimum absolute atomic E-state index is 0.107. The van der Waals surface area contributed by atoms with E-state index < -0.39 is 12.2 Å². The highest BCUT2D eigenvalue weighted by molar-refractivity contribution is 5.83. The monoisotopic (exact) mass is 265 g/mol. The van der Waals surface area contributed by atoms with Gasteiger partial charge in [0.2, 0.25) is 0 Å². The highest BCUT2D eigenvalue weighted by Gasteiger charge is 2.12. The van der Waals surface area contributed by atoms with Crippen molar-refractivity contribution in [2.75, 3.05) is 6.54 Å². The van der Waals surface area contributed by atoms with Crippen LogP contribution >= 0.6 is 0 Å². The Kier molecular flexibility index (Phi) is 6.60. The number of rotatable bonds is 7. The van der Waals surface area contributed by atoms with Crippen LogP contribution in [0.5, 0.6) is 0 Å². The molecule has 2 N–H and O–H groups in total. The minimum Gasteiger partial charge on any atom is -0.445 e. The second-order valence-electron chi connectivity index (χ2n) is 4.13. The SMILES string of the molecule is CCC(O)C(=O)CCNC(=O)OCc1ccccc1. The second kappa shape index (κ2) is 8.26. The number of carbonyl (C=O) groups is 2. The summed E-state index contributed by atoms with van der Waals surface area (Å²) in [6.07, 6.45) is -1.02. The Balaban J connectivity index is 2.17. The molecule has 5 nitrogen and oxygen atoms in total. The number of amides is 1. The molecule has 0 radical (unpaired) electrons. The van der Waals surface area contributed by atoms with Gasteiger partial charge in [0.25, 0.3) is 0 Å². The van der Waals surface area contributed by atoms with E-state index in [1.165, 1.54) is 0 Å². The van der Waals surface area contributed by atoms with Crippen LogP contribution in [0.3, 0.4) is 0 Å². The van der Waals surface area contributed by atoms with E-state index in [1.807, 2.05) is 30.3 Å². The minimum atomic E-state index is -0.942. The van der Waals surface area contributed by atoms with E-state index in [0.717, 1.165) is 5.56 Å². The highest BCUT2D eigenvalue weighted by atomic mass is 16.5. The molecule has 1 aromatic carbocycles. The second-order valence-corrected chi connectivity index (χ2v) is 4.13. The molecular weight excluding hydrogens is 246 g/mol. The summed E-state index contributed by atoms with van der Waals surface area (Å²) in [6.45, 7) is 2.09. The van der Waals surface area contributed by atoms with Gasteiger partial charge in [0, 0.05) is 13.0 Å². The fraction of sp³-hybridized carbons (Fsp3) is 0.429. The van der Waals surface area contributed by atoms with Crippen LogP contribution < -0.4 is 5.32 Å². The molecule has 1 amide bonds. The van der Waals surface area contributed by atoms with Crippen molar-refractivity contribution >= 4 is 11.9 Å². The van der Waals surface area contributed by atoms with Crippen molar-refractivity contribution in [1.82, 2.24) is 5.32 Å². The molecule has 0 saturated carbocycles. The molecule has 0 fully saturated rings. The molecule has 104 valence electrons. The number of ketones is 1. The molecule has 0 aliphatic rings. The Morgan fingerprint density at radius 1 is 1.32 bits per heavy atom. The molecule has 1 atom stereocenters. The van der Waals surface area contributed by atoms with Gasteiger partial charge in [0.05, 0.1) is 0 Å². The number of carbonyl (C=O) groups excluding carboxylic acids is 2. The van der Waals surface area contributed by atoms with Crippen molar-refractivity contribution in [2.24, 2.45) is 0 Å². The molecule has 1 unspecified atom stereocenters. The Labute approximate surface area is 112 Å². The number of ether oxygens (including phenoxy) is 1. The molecule has 1 aromatic rings. The zero-order chi connectivity index (χ0) is 14.1. The summed E-state index contributed by atoms with van der Waals surface area (Å²) in [5.74, 6) is -0.272. The molecule has 0 aliphatic heterocycles. The summed E-state index contributed by atoms with van der Waals surface area (Å²) in [7, 11) is 0. The summed E-state index contributed by atoms with van der Waals surface area (Å²) in [5, 5.41) is 11.7. The summed E-state index contributed by atoms with van der Waals surface area (Å²) < 4.78 is 4.97. The quantitative estimate of drug-likeness (QED) is 0.786. The molecule has 0 aliphatic carbocycles. The number of aliphatic hydroxyl groups excluding tert-OH is 1. The summed E-state index contributed by atoms with van der Waals surface area (Å²) in [5.41, 5.74) is 0.898. The van der Waals surface area contributed by atoms with E-state index in [1.54, 1.807) is 6.92 Å². The van der Waals surface area contributed by atoms with Crippen molar-refractivity contribution < 1.29 is 19.4 Å².